The number of hydrogen-bond donors (Lipinski definition) is 2. The minimum absolute atomic E-state index is 0.0781. The Morgan fingerprint density at radius 2 is 1.76 bits per heavy atom. The Hall–Kier alpha value is -2.07. The Morgan fingerprint density at radius 1 is 1.10 bits per heavy atom. The summed E-state index contributed by atoms with van der Waals surface area (Å²) in [4.78, 5) is 16.3. The van der Waals surface area contributed by atoms with Gasteiger partial charge in [-0.05, 0) is 57.2 Å². The van der Waals surface area contributed by atoms with Crippen molar-refractivity contribution in [2.75, 3.05) is 10.6 Å². The molecule has 0 spiro atoms. The van der Waals surface area contributed by atoms with Crippen molar-refractivity contribution in [3.05, 3.63) is 53.3 Å². The number of aromatic nitrogens is 1. The Labute approximate surface area is 129 Å². The predicted octanol–water partition coefficient (Wildman–Crippen LogP) is 4.20. The van der Waals surface area contributed by atoms with Crippen molar-refractivity contribution in [1.82, 2.24) is 4.98 Å². The van der Waals surface area contributed by atoms with Crippen LogP contribution in [0.5, 0.6) is 0 Å². The molecule has 0 aliphatic carbocycles. The average molecular weight is 304 g/mol. The third-order valence-corrected chi connectivity index (χ3v) is 2.87. The molecule has 0 bridgehead atoms. The first kappa shape index (κ1) is 15.3. The topological polar surface area (TPSA) is 54.0 Å². The van der Waals surface area contributed by atoms with Crippen LogP contribution in [0.4, 0.5) is 11.4 Å². The first-order valence-corrected chi connectivity index (χ1v) is 7.02. The highest BCUT2D eigenvalue weighted by Crippen LogP contribution is 2.17. The quantitative estimate of drug-likeness (QED) is 0.893. The molecule has 0 radical (unpaired) electrons. The van der Waals surface area contributed by atoms with Crippen LogP contribution in [0.3, 0.4) is 0 Å². The molecule has 5 heteroatoms. The molecule has 0 atom stereocenters. The highest BCUT2D eigenvalue weighted by molar-refractivity contribution is 6.30. The maximum absolute atomic E-state index is 12.2. The van der Waals surface area contributed by atoms with Gasteiger partial charge in [-0.3, -0.25) is 9.78 Å². The lowest BCUT2D eigenvalue weighted by Crippen LogP contribution is -2.26. The van der Waals surface area contributed by atoms with E-state index < -0.39 is 0 Å². The first-order chi connectivity index (χ1) is 9.83. The summed E-state index contributed by atoms with van der Waals surface area (Å²) in [6.45, 7) is 6.17. The number of hydrogen-bond acceptors (Lipinski definition) is 3. The molecular formula is C16H18ClN3O. The van der Waals surface area contributed by atoms with Gasteiger partial charge in [-0.25, -0.2) is 0 Å². The van der Waals surface area contributed by atoms with Crippen molar-refractivity contribution in [3.8, 4) is 0 Å². The number of amides is 1. The molecule has 1 aromatic heterocycles. The van der Waals surface area contributed by atoms with Crippen LogP contribution in [0, 0.1) is 0 Å². The second-order valence-electron chi connectivity index (χ2n) is 5.77. The lowest BCUT2D eigenvalue weighted by molar-refractivity contribution is 0.102. The minimum Gasteiger partial charge on any atom is -0.380 e. The standard InChI is InChI=1S/C16H18ClN3O/c1-16(2,3)20-13-8-9-18-14(10-13)15(21)19-12-6-4-11(17)5-7-12/h4-10H,1-3H3,(H,18,20)(H,19,21). The Bertz CT molecular complexity index is 633. The Balaban J connectivity index is 2.12. The van der Waals surface area contributed by atoms with Gasteiger partial charge in [-0.1, -0.05) is 11.6 Å². The average Bonchev–Trinajstić information content (AvgIpc) is 2.40. The molecule has 110 valence electrons. The first-order valence-electron chi connectivity index (χ1n) is 6.65. The molecule has 0 aliphatic heterocycles. The SMILES string of the molecule is CC(C)(C)Nc1ccnc(C(=O)Nc2ccc(Cl)cc2)c1. The number of rotatable bonds is 3. The summed E-state index contributed by atoms with van der Waals surface area (Å²) in [5, 5.41) is 6.73. The van der Waals surface area contributed by atoms with Crippen molar-refractivity contribution in [2.24, 2.45) is 0 Å². The van der Waals surface area contributed by atoms with Crippen LogP contribution in [0.1, 0.15) is 31.3 Å². The summed E-state index contributed by atoms with van der Waals surface area (Å²) < 4.78 is 0. The molecule has 21 heavy (non-hydrogen) atoms. The van der Waals surface area contributed by atoms with Crippen LogP contribution >= 0.6 is 11.6 Å². The number of nitrogens with one attached hydrogen (secondary N) is 2. The van der Waals surface area contributed by atoms with E-state index in [0.29, 0.717) is 16.4 Å². The summed E-state index contributed by atoms with van der Waals surface area (Å²) in [5.74, 6) is -0.255. The van der Waals surface area contributed by atoms with Gasteiger partial charge in [0.05, 0.1) is 0 Å². The summed E-state index contributed by atoms with van der Waals surface area (Å²) in [5.41, 5.74) is 1.82. The van der Waals surface area contributed by atoms with Crippen LogP contribution in [0.25, 0.3) is 0 Å². The van der Waals surface area contributed by atoms with Crippen LogP contribution in [-0.4, -0.2) is 16.4 Å². The van der Waals surface area contributed by atoms with Gasteiger partial charge >= 0.3 is 0 Å². The number of anilines is 2. The molecule has 0 fully saturated rings. The fraction of sp³-hybridized carbons (Fsp3) is 0.250. The highest BCUT2D eigenvalue weighted by Gasteiger charge is 2.12. The second-order valence-corrected chi connectivity index (χ2v) is 6.20. The normalized spacial score (nSPS) is 11.0. The van der Waals surface area contributed by atoms with Gasteiger partial charge in [0.15, 0.2) is 0 Å². The molecule has 0 saturated heterocycles. The van der Waals surface area contributed by atoms with Gasteiger partial charge in [0.1, 0.15) is 5.69 Å². The zero-order chi connectivity index (χ0) is 15.5. The molecule has 2 aromatic rings. The lowest BCUT2D eigenvalue weighted by Gasteiger charge is -2.22. The summed E-state index contributed by atoms with van der Waals surface area (Å²) in [6.07, 6.45) is 1.62. The molecular weight excluding hydrogens is 286 g/mol. The number of halogens is 1. The number of pyridine rings is 1. The molecule has 0 saturated carbocycles. The van der Waals surface area contributed by atoms with Crippen molar-refractivity contribution >= 4 is 28.9 Å². The summed E-state index contributed by atoms with van der Waals surface area (Å²) in [6, 6.07) is 10.5. The maximum atomic E-state index is 12.2. The zero-order valence-electron chi connectivity index (χ0n) is 12.3. The van der Waals surface area contributed by atoms with E-state index in [1.165, 1.54) is 0 Å². The number of benzene rings is 1. The zero-order valence-corrected chi connectivity index (χ0v) is 13.0. The van der Waals surface area contributed by atoms with Crippen molar-refractivity contribution in [1.29, 1.82) is 0 Å². The van der Waals surface area contributed by atoms with Crippen LogP contribution in [0.15, 0.2) is 42.6 Å². The smallest absolute Gasteiger partial charge is 0.274 e. The summed E-state index contributed by atoms with van der Waals surface area (Å²) in [7, 11) is 0. The van der Waals surface area contributed by atoms with Crippen molar-refractivity contribution < 1.29 is 4.79 Å². The molecule has 2 N–H and O–H groups in total. The minimum atomic E-state index is -0.255. The molecule has 0 unspecified atom stereocenters. The van der Waals surface area contributed by atoms with Crippen molar-refractivity contribution in [2.45, 2.75) is 26.3 Å². The van der Waals surface area contributed by atoms with Gasteiger partial charge in [-0.2, -0.15) is 0 Å². The van der Waals surface area contributed by atoms with Crippen LogP contribution in [0.2, 0.25) is 5.02 Å². The van der Waals surface area contributed by atoms with Crippen LogP contribution < -0.4 is 10.6 Å². The Kier molecular flexibility index (Phi) is 4.48. The lowest BCUT2D eigenvalue weighted by atomic mass is 10.1. The second kappa shape index (κ2) is 6.14. The number of nitrogens with zero attached hydrogens (tertiary/aromatic N) is 1. The van der Waals surface area contributed by atoms with Gasteiger partial charge in [0, 0.05) is 28.1 Å². The monoisotopic (exact) mass is 303 g/mol. The van der Waals surface area contributed by atoms with Gasteiger partial charge in [0.2, 0.25) is 0 Å². The predicted molar refractivity (Wildman–Crippen MR) is 87.0 cm³/mol. The number of carbonyl (C=O) groups excluding carboxylic acids is 1. The van der Waals surface area contributed by atoms with E-state index in [-0.39, 0.29) is 11.4 Å². The van der Waals surface area contributed by atoms with E-state index in [1.54, 1.807) is 36.5 Å². The van der Waals surface area contributed by atoms with E-state index in [4.69, 9.17) is 11.6 Å². The third kappa shape index (κ3) is 4.76. The summed E-state index contributed by atoms with van der Waals surface area (Å²) >= 11 is 5.81. The largest absolute Gasteiger partial charge is 0.380 e. The van der Waals surface area contributed by atoms with E-state index >= 15 is 0 Å². The van der Waals surface area contributed by atoms with E-state index in [9.17, 15) is 4.79 Å². The molecule has 1 heterocycles. The van der Waals surface area contributed by atoms with Crippen molar-refractivity contribution in [3.63, 3.8) is 0 Å². The molecule has 2 rings (SSSR count). The van der Waals surface area contributed by atoms with Crippen LogP contribution in [-0.2, 0) is 0 Å². The Morgan fingerprint density at radius 3 is 2.38 bits per heavy atom. The molecule has 1 amide bonds. The number of carbonyl (C=O) groups is 1. The maximum Gasteiger partial charge on any atom is 0.274 e. The third-order valence-electron chi connectivity index (χ3n) is 2.61. The van der Waals surface area contributed by atoms with Gasteiger partial charge < -0.3 is 10.6 Å². The highest BCUT2D eigenvalue weighted by atomic mass is 35.5. The van der Waals surface area contributed by atoms with Gasteiger partial charge in [0.25, 0.3) is 5.91 Å². The molecule has 0 aliphatic rings. The van der Waals surface area contributed by atoms with Gasteiger partial charge in [-0.15, -0.1) is 0 Å². The molecule has 1 aromatic carbocycles. The van der Waals surface area contributed by atoms with E-state index in [0.717, 1.165) is 5.69 Å². The van der Waals surface area contributed by atoms with E-state index in [2.05, 4.69) is 36.4 Å². The fourth-order valence-corrected chi connectivity index (χ4v) is 1.92. The fourth-order valence-electron chi connectivity index (χ4n) is 1.79. The molecule has 4 nitrogen and oxygen atoms in total. The van der Waals surface area contributed by atoms with E-state index in [1.807, 2.05) is 6.07 Å².